The highest BCUT2D eigenvalue weighted by Gasteiger charge is 2.32. The van der Waals surface area contributed by atoms with Gasteiger partial charge in [0, 0.05) is 17.2 Å². The van der Waals surface area contributed by atoms with Gasteiger partial charge >= 0.3 is 0 Å². The zero-order valence-corrected chi connectivity index (χ0v) is 20.3. The van der Waals surface area contributed by atoms with Gasteiger partial charge in [0.2, 0.25) is 0 Å². The van der Waals surface area contributed by atoms with Crippen LogP contribution in [-0.2, 0) is 6.42 Å². The zero-order valence-electron chi connectivity index (χ0n) is 19.5. The number of aromatic nitrogens is 1. The van der Waals surface area contributed by atoms with Gasteiger partial charge in [-0.3, -0.25) is 9.36 Å². The van der Waals surface area contributed by atoms with Crippen LogP contribution in [0.25, 0.3) is 11.8 Å². The third-order valence-electron chi connectivity index (χ3n) is 6.72. The molecule has 0 spiro atoms. The number of allylic oxidation sites excluding steroid dienone is 1. The third-order valence-corrected chi connectivity index (χ3v) is 7.70. The topological polar surface area (TPSA) is 52.8 Å². The van der Waals surface area contributed by atoms with E-state index in [1.54, 1.807) is 14.2 Å². The van der Waals surface area contributed by atoms with Crippen molar-refractivity contribution in [3.05, 3.63) is 120 Å². The molecule has 0 unspecified atom stereocenters. The van der Waals surface area contributed by atoms with E-state index in [4.69, 9.17) is 14.5 Å². The van der Waals surface area contributed by atoms with E-state index in [2.05, 4.69) is 36.4 Å². The maximum Gasteiger partial charge on any atom is 0.271 e. The highest BCUT2D eigenvalue weighted by Crippen LogP contribution is 2.41. The summed E-state index contributed by atoms with van der Waals surface area (Å²) < 4.78 is 13.4. The lowest BCUT2D eigenvalue weighted by atomic mass is 9.83. The monoisotopic (exact) mass is 480 g/mol. The highest BCUT2D eigenvalue weighted by molar-refractivity contribution is 7.07. The fraction of sp³-hybridized carbons (Fsp3) is 0.172. The number of benzene rings is 3. The van der Waals surface area contributed by atoms with E-state index < -0.39 is 0 Å². The molecule has 6 heteroatoms. The van der Waals surface area contributed by atoms with Crippen LogP contribution < -0.4 is 24.4 Å². The first-order valence-corrected chi connectivity index (χ1v) is 12.4. The van der Waals surface area contributed by atoms with Gasteiger partial charge in [-0.1, -0.05) is 65.9 Å². The van der Waals surface area contributed by atoms with E-state index in [0.717, 1.165) is 34.5 Å². The molecule has 0 N–H and O–H groups in total. The molecule has 2 aliphatic rings. The van der Waals surface area contributed by atoms with Crippen molar-refractivity contribution in [1.82, 2.24) is 4.57 Å². The first-order chi connectivity index (χ1) is 17.2. The second-order valence-corrected chi connectivity index (χ2v) is 9.64. The Hall–Kier alpha value is -3.90. The molecule has 2 heterocycles. The fourth-order valence-corrected chi connectivity index (χ4v) is 6.03. The van der Waals surface area contributed by atoms with E-state index in [-0.39, 0.29) is 11.6 Å². The molecule has 5 nitrogen and oxygen atoms in total. The minimum atomic E-state index is -0.171. The smallest absolute Gasteiger partial charge is 0.271 e. The molecule has 1 aliphatic heterocycles. The molecule has 0 bridgehead atoms. The molecule has 1 aromatic heterocycles. The molecule has 35 heavy (non-hydrogen) atoms. The maximum absolute atomic E-state index is 13.8. The number of aryl methyl sites for hydroxylation is 1. The largest absolute Gasteiger partial charge is 0.497 e. The van der Waals surface area contributed by atoms with Crippen molar-refractivity contribution in [3.63, 3.8) is 0 Å². The Morgan fingerprint density at radius 3 is 2.57 bits per heavy atom. The van der Waals surface area contributed by atoms with Gasteiger partial charge in [0.15, 0.2) is 4.80 Å². The minimum absolute atomic E-state index is 0.0362. The van der Waals surface area contributed by atoms with Crippen LogP contribution in [0.5, 0.6) is 11.5 Å². The third kappa shape index (κ3) is 3.61. The molecule has 174 valence electrons. The highest BCUT2D eigenvalue weighted by atomic mass is 32.1. The Kier molecular flexibility index (Phi) is 5.38. The van der Waals surface area contributed by atoms with Crippen molar-refractivity contribution in [1.29, 1.82) is 0 Å². The number of thiazole rings is 1. The number of methoxy groups -OCH3 is 2. The number of ether oxygens (including phenoxy) is 2. The summed E-state index contributed by atoms with van der Waals surface area (Å²) in [7, 11) is 3.24. The van der Waals surface area contributed by atoms with Gasteiger partial charge in [0.05, 0.1) is 30.5 Å². The van der Waals surface area contributed by atoms with E-state index in [1.165, 1.54) is 28.0 Å². The Labute approximate surface area is 206 Å². The zero-order chi connectivity index (χ0) is 23.9. The van der Waals surface area contributed by atoms with Crippen LogP contribution in [0.2, 0.25) is 0 Å². The van der Waals surface area contributed by atoms with Gasteiger partial charge in [-0.25, -0.2) is 4.99 Å². The molecular weight excluding hydrogens is 456 g/mol. The van der Waals surface area contributed by atoms with Gasteiger partial charge in [-0.2, -0.15) is 0 Å². The van der Waals surface area contributed by atoms with Crippen LogP contribution in [0.1, 0.15) is 34.7 Å². The number of hydrogen-bond donors (Lipinski definition) is 0. The van der Waals surface area contributed by atoms with Gasteiger partial charge in [0.1, 0.15) is 11.5 Å². The van der Waals surface area contributed by atoms with E-state index >= 15 is 0 Å². The van der Waals surface area contributed by atoms with Gasteiger partial charge in [-0.15, -0.1) is 0 Å². The lowest BCUT2D eigenvalue weighted by Gasteiger charge is -2.30. The van der Waals surface area contributed by atoms with E-state index in [1.807, 2.05) is 47.0 Å². The lowest BCUT2D eigenvalue weighted by Crippen LogP contribution is -2.38. The quantitative estimate of drug-likeness (QED) is 0.437. The summed E-state index contributed by atoms with van der Waals surface area (Å²) in [5.41, 5.74) is 6.58. The van der Waals surface area contributed by atoms with Crippen LogP contribution in [0.15, 0.2) is 88.2 Å². The SMILES string of the molecule is COc1ccc(/C=c2/sc3n(c2=O)[C@H](c2ccccc2)C2=C(N=3)c3ccccc3CC2)c(OC)c1. The maximum atomic E-state index is 13.8. The van der Waals surface area contributed by atoms with E-state index in [9.17, 15) is 4.79 Å². The standard InChI is InChI=1S/C29H24N2O3S/c1-33-21-14-12-20(24(17-21)34-2)16-25-28(32)31-27(19-9-4-3-5-10-19)23-15-13-18-8-6-7-11-22(18)26(23)30-29(31)35-25/h3-12,14,16-17,27H,13,15H2,1-2H3/b25-16+/t27-/m1/s1. The Balaban J connectivity index is 1.60. The lowest BCUT2D eigenvalue weighted by molar-refractivity contribution is 0.393. The summed E-state index contributed by atoms with van der Waals surface area (Å²) in [4.78, 5) is 19.6. The summed E-state index contributed by atoms with van der Waals surface area (Å²) in [6, 6.07) is 24.2. The molecular formula is C29H24N2O3S. The van der Waals surface area contributed by atoms with Crippen molar-refractivity contribution >= 4 is 23.1 Å². The van der Waals surface area contributed by atoms with Crippen LogP contribution in [0.4, 0.5) is 0 Å². The number of fused-ring (bicyclic) bond motifs is 3. The van der Waals surface area contributed by atoms with Crippen molar-refractivity contribution in [2.75, 3.05) is 14.2 Å². The Morgan fingerprint density at radius 1 is 0.971 bits per heavy atom. The van der Waals surface area contributed by atoms with Crippen LogP contribution in [0, 0.1) is 0 Å². The van der Waals surface area contributed by atoms with Crippen LogP contribution >= 0.6 is 11.3 Å². The molecule has 0 fully saturated rings. The average molecular weight is 481 g/mol. The minimum Gasteiger partial charge on any atom is -0.497 e. The number of hydrogen-bond acceptors (Lipinski definition) is 5. The second kappa shape index (κ2) is 8.71. The molecule has 0 amide bonds. The average Bonchev–Trinajstić information content (AvgIpc) is 3.22. The van der Waals surface area contributed by atoms with Crippen molar-refractivity contribution in [2.24, 2.45) is 4.99 Å². The molecule has 0 saturated heterocycles. The Bertz CT molecular complexity index is 1650. The Morgan fingerprint density at radius 2 is 1.77 bits per heavy atom. The van der Waals surface area contributed by atoms with Gasteiger partial charge in [0.25, 0.3) is 5.56 Å². The number of nitrogens with zero attached hydrogens (tertiary/aromatic N) is 2. The van der Waals surface area contributed by atoms with Crippen molar-refractivity contribution < 1.29 is 9.47 Å². The molecule has 1 atom stereocenters. The molecule has 6 rings (SSSR count). The normalized spacial score (nSPS) is 16.7. The fourth-order valence-electron chi connectivity index (χ4n) is 5.04. The molecule has 4 aromatic rings. The first kappa shape index (κ1) is 21.6. The predicted octanol–water partition coefficient (Wildman–Crippen LogP) is 4.34. The predicted molar refractivity (Wildman–Crippen MR) is 139 cm³/mol. The van der Waals surface area contributed by atoms with Crippen LogP contribution in [-0.4, -0.2) is 18.8 Å². The summed E-state index contributed by atoms with van der Waals surface area (Å²) in [6.07, 6.45) is 3.72. The van der Waals surface area contributed by atoms with E-state index in [0.29, 0.717) is 16.0 Å². The summed E-state index contributed by atoms with van der Waals surface area (Å²) in [5, 5.41) is 0. The van der Waals surface area contributed by atoms with Crippen molar-refractivity contribution in [2.45, 2.75) is 18.9 Å². The molecule has 3 aromatic carbocycles. The molecule has 0 radical (unpaired) electrons. The van der Waals surface area contributed by atoms with Crippen molar-refractivity contribution in [3.8, 4) is 11.5 Å². The van der Waals surface area contributed by atoms with Gasteiger partial charge in [-0.05, 0) is 47.8 Å². The van der Waals surface area contributed by atoms with Crippen LogP contribution in [0.3, 0.4) is 0 Å². The molecule has 1 aliphatic carbocycles. The first-order valence-electron chi connectivity index (χ1n) is 11.6. The number of rotatable bonds is 4. The summed E-state index contributed by atoms with van der Waals surface area (Å²) >= 11 is 1.42. The summed E-state index contributed by atoms with van der Waals surface area (Å²) in [5.74, 6) is 1.36. The second-order valence-electron chi connectivity index (χ2n) is 8.63. The van der Waals surface area contributed by atoms with Gasteiger partial charge < -0.3 is 9.47 Å². The molecule has 0 saturated carbocycles. The summed E-state index contributed by atoms with van der Waals surface area (Å²) in [6.45, 7) is 0.